The highest BCUT2D eigenvalue weighted by Crippen LogP contribution is 2.34. The lowest BCUT2D eigenvalue weighted by Gasteiger charge is -2.43. The number of hydrogen-bond acceptors (Lipinski definition) is 6. The summed E-state index contributed by atoms with van der Waals surface area (Å²) in [5.74, 6) is -0.986. The molecule has 0 saturated heterocycles. The van der Waals surface area contributed by atoms with Crippen LogP contribution in [-0.2, 0) is 23.9 Å². The summed E-state index contributed by atoms with van der Waals surface area (Å²) in [4.78, 5) is 53.7. The zero-order chi connectivity index (χ0) is 27.6. The van der Waals surface area contributed by atoms with E-state index in [0.29, 0.717) is 12.0 Å². The number of rotatable bonds is 12. The third-order valence-electron chi connectivity index (χ3n) is 5.99. The Labute approximate surface area is 220 Å². The highest BCUT2D eigenvalue weighted by molar-refractivity contribution is 5.92. The maximum absolute atomic E-state index is 14.1. The minimum Gasteiger partial charge on any atom is -0.466 e. The Morgan fingerprint density at radius 1 is 1.08 bits per heavy atom. The van der Waals surface area contributed by atoms with Crippen molar-refractivity contribution in [2.45, 2.75) is 97.4 Å². The predicted octanol–water partition coefficient (Wildman–Crippen LogP) is 4.12. The summed E-state index contributed by atoms with van der Waals surface area (Å²) in [5, 5.41) is 5.58. The Hall–Kier alpha value is -3.10. The molecule has 1 aliphatic rings. The molecule has 3 amide bonds. The molecular weight excluding hydrogens is 474 g/mol. The van der Waals surface area contributed by atoms with Crippen LogP contribution >= 0.6 is 0 Å². The first-order valence-electron chi connectivity index (χ1n) is 13.2. The molecule has 1 fully saturated rings. The molecule has 206 valence electrons. The number of carbonyl (C=O) groups is 4. The largest absolute Gasteiger partial charge is 0.466 e. The second-order valence-electron chi connectivity index (χ2n) is 10.8. The Morgan fingerprint density at radius 2 is 1.73 bits per heavy atom. The van der Waals surface area contributed by atoms with Crippen molar-refractivity contribution < 1.29 is 28.7 Å². The van der Waals surface area contributed by atoms with Gasteiger partial charge < -0.3 is 25.0 Å². The molecule has 2 rings (SSSR count). The topological polar surface area (TPSA) is 114 Å². The molecule has 0 heterocycles. The number of carbonyl (C=O) groups excluding carboxylic acids is 4. The molecule has 2 unspecified atom stereocenters. The lowest BCUT2D eigenvalue weighted by atomic mass is 9.87. The van der Waals surface area contributed by atoms with Crippen molar-refractivity contribution in [2.75, 3.05) is 13.2 Å². The van der Waals surface area contributed by atoms with Crippen molar-refractivity contribution in [3.63, 3.8) is 0 Å². The average molecular weight is 518 g/mol. The van der Waals surface area contributed by atoms with Crippen LogP contribution in [0, 0.1) is 5.92 Å². The fourth-order valence-corrected chi connectivity index (χ4v) is 4.20. The van der Waals surface area contributed by atoms with Crippen LogP contribution in [0.3, 0.4) is 0 Å². The van der Waals surface area contributed by atoms with Gasteiger partial charge in [0.05, 0.1) is 13.0 Å². The first-order chi connectivity index (χ1) is 17.4. The fourth-order valence-electron chi connectivity index (χ4n) is 4.20. The molecule has 1 aromatic rings. The van der Waals surface area contributed by atoms with Gasteiger partial charge in [0.15, 0.2) is 0 Å². The van der Waals surface area contributed by atoms with E-state index in [9.17, 15) is 19.2 Å². The molecular formula is C28H43N3O6. The smallest absolute Gasteiger partial charge is 0.408 e. The zero-order valence-corrected chi connectivity index (χ0v) is 23.0. The summed E-state index contributed by atoms with van der Waals surface area (Å²) < 4.78 is 10.4. The summed E-state index contributed by atoms with van der Waals surface area (Å²) in [6.07, 6.45) is 2.25. The van der Waals surface area contributed by atoms with Crippen molar-refractivity contribution in [3.05, 3.63) is 35.9 Å². The number of nitrogens with zero attached hydrogens (tertiary/aromatic N) is 1. The van der Waals surface area contributed by atoms with Gasteiger partial charge in [0, 0.05) is 12.6 Å². The van der Waals surface area contributed by atoms with E-state index in [0.717, 1.165) is 19.3 Å². The monoisotopic (exact) mass is 517 g/mol. The molecule has 0 bridgehead atoms. The maximum Gasteiger partial charge on any atom is 0.408 e. The van der Waals surface area contributed by atoms with Gasteiger partial charge in [-0.3, -0.25) is 14.4 Å². The van der Waals surface area contributed by atoms with E-state index in [1.807, 2.05) is 44.2 Å². The molecule has 2 N–H and O–H groups in total. The van der Waals surface area contributed by atoms with Crippen LogP contribution in [0.2, 0.25) is 0 Å². The van der Waals surface area contributed by atoms with Crippen LogP contribution in [0.15, 0.2) is 30.3 Å². The Balaban J connectivity index is 2.36. The second kappa shape index (κ2) is 14.0. The van der Waals surface area contributed by atoms with Crippen molar-refractivity contribution in [3.8, 4) is 0 Å². The highest BCUT2D eigenvalue weighted by Gasteiger charge is 2.42. The molecule has 0 radical (unpaired) electrons. The van der Waals surface area contributed by atoms with Gasteiger partial charge in [-0.05, 0) is 64.9 Å². The van der Waals surface area contributed by atoms with E-state index in [-0.39, 0.29) is 43.3 Å². The van der Waals surface area contributed by atoms with E-state index < -0.39 is 29.7 Å². The first kappa shape index (κ1) is 30.1. The molecule has 1 aliphatic carbocycles. The molecule has 1 saturated carbocycles. The number of amides is 3. The molecule has 37 heavy (non-hydrogen) atoms. The quantitative estimate of drug-likeness (QED) is 0.403. The number of esters is 1. The van der Waals surface area contributed by atoms with Crippen LogP contribution in [0.1, 0.15) is 85.3 Å². The molecule has 9 heteroatoms. The molecule has 9 nitrogen and oxygen atoms in total. The normalized spacial score (nSPS) is 15.2. The van der Waals surface area contributed by atoms with Gasteiger partial charge >= 0.3 is 12.1 Å². The summed E-state index contributed by atoms with van der Waals surface area (Å²) in [7, 11) is 0. The number of nitrogens with one attached hydrogen (secondary N) is 2. The number of hydrogen-bond donors (Lipinski definition) is 2. The lowest BCUT2D eigenvalue weighted by molar-refractivity contribution is -0.148. The van der Waals surface area contributed by atoms with Crippen molar-refractivity contribution >= 4 is 23.9 Å². The Morgan fingerprint density at radius 3 is 2.24 bits per heavy atom. The molecule has 0 spiro atoms. The van der Waals surface area contributed by atoms with Crippen molar-refractivity contribution in [1.29, 1.82) is 0 Å². The summed E-state index contributed by atoms with van der Waals surface area (Å²) in [5.41, 5.74) is -0.0499. The lowest BCUT2D eigenvalue weighted by Crippen LogP contribution is -2.57. The van der Waals surface area contributed by atoms with E-state index in [1.165, 1.54) is 0 Å². The molecule has 0 aromatic heterocycles. The summed E-state index contributed by atoms with van der Waals surface area (Å²) in [6.45, 7) is 11.3. The molecule has 2 atom stereocenters. The van der Waals surface area contributed by atoms with Gasteiger partial charge in [-0.25, -0.2) is 4.79 Å². The third-order valence-corrected chi connectivity index (χ3v) is 5.99. The van der Waals surface area contributed by atoms with Gasteiger partial charge in [0.1, 0.15) is 17.7 Å². The Kier molecular flexibility index (Phi) is 11.4. The minimum absolute atomic E-state index is 0.0363. The Bertz CT molecular complexity index is 908. The highest BCUT2D eigenvalue weighted by atomic mass is 16.6. The number of benzene rings is 1. The summed E-state index contributed by atoms with van der Waals surface area (Å²) >= 11 is 0. The fraction of sp³-hybridized carbons (Fsp3) is 0.643. The van der Waals surface area contributed by atoms with Crippen LogP contribution in [-0.4, -0.2) is 59.6 Å². The average Bonchev–Trinajstić information content (AvgIpc) is 2.76. The molecule has 1 aromatic carbocycles. The van der Waals surface area contributed by atoms with Gasteiger partial charge in [-0.2, -0.15) is 0 Å². The van der Waals surface area contributed by atoms with E-state index in [1.54, 1.807) is 32.6 Å². The minimum atomic E-state index is -0.906. The van der Waals surface area contributed by atoms with Crippen LogP contribution in [0.25, 0.3) is 0 Å². The van der Waals surface area contributed by atoms with Gasteiger partial charge in [0.25, 0.3) is 0 Å². The first-order valence-corrected chi connectivity index (χ1v) is 13.2. The van der Waals surface area contributed by atoms with Crippen molar-refractivity contribution in [1.82, 2.24) is 15.5 Å². The molecule has 0 aliphatic heterocycles. The SMILES string of the molecule is CCOC(=O)CCNC(=O)C(c1ccccc1)N(C(=O)C(CC(C)C)NC(=O)OC(C)(C)C)C1CCC1. The van der Waals surface area contributed by atoms with Gasteiger partial charge in [-0.1, -0.05) is 44.2 Å². The van der Waals surface area contributed by atoms with E-state index in [2.05, 4.69) is 10.6 Å². The van der Waals surface area contributed by atoms with Crippen LogP contribution in [0.5, 0.6) is 0 Å². The van der Waals surface area contributed by atoms with Crippen LogP contribution in [0.4, 0.5) is 4.79 Å². The zero-order valence-electron chi connectivity index (χ0n) is 23.0. The van der Waals surface area contributed by atoms with Gasteiger partial charge in [-0.15, -0.1) is 0 Å². The van der Waals surface area contributed by atoms with Gasteiger partial charge in [0.2, 0.25) is 11.8 Å². The number of ether oxygens (including phenoxy) is 2. The van der Waals surface area contributed by atoms with Crippen molar-refractivity contribution in [2.24, 2.45) is 5.92 Å². The second-order valence-corrected chi connectivity index (χ2v) is 10.8. The predicted molar refractivity (Wildman–Crippen MR) is 141 cm³/mol. The van der Waals surface area contributed by atoms with E-state index >= 15 is 0 Å². The van der Waals surface area contributed by atoms with E-state index in [4.69, 9.17) is 9.47 Å². The standard InChI is InChI=1S/C28H43N3O6/c1-7-36-23(32)16-17-29-25(33)24(20-12-9-8-10-13-20)31(21-14-11-15-21)26(34)22(18-19(2)3)30-27(35)37-28(4,5)6/h8-10,12-13,19,21-22,24H,7,11,14-18H2,1-6H3,(H,29,33)(H,30,35). The van der Waals surface area contributed by atoms with Crippen LogP contribution < -0.4 is 10.6 Å². The summed E-state index contributed by atoms with van der Waals surface area (Å²) in [6, 6.07) is 7.22. The maximum atomic E-state index is 14.1. The third kappa shape index (κ3) is 9.70. The number of alkyl carbamates (subject to hydrolysis) is 1.